The quantitative estimate of drug-likeness (QED) is 0.645. The van der Waals surface area contributed by atoms with Crippen molar-refractivity contribution in [3.05, 3.63) is 59.4 Å². The zero-order valence-electron chi connectivity index (χ0n) is 9.56. The number of Topliss-reactive ketones (excluding diaryl/α,β-unsaturated/α-hetero) is 1. The van der Waals surface area contributed by atoms with Crippen molar-refractivity contribution < 1.29 is 14.3 Å². The molecule has 0 saturated carbocycles. The van der Waals surface area contributed by atoms with Gasteiger partial charge in [-0.1, -0.05) is 12.1 Å². The number of carbonyl (C=O) groups excluding carboxylic acids is 1. The topological polar surface area (TPSA) is 63.3 Å². The molecule has 2 aromatic rings. The molecule has 18 heavy (non-hydrogen) atoms. The van der Waals surface area contributed by atoms with Crippen LogP contribution in [-0.4, -0.2) is 10.9 Å². The first-order chi connectivity index (χ1) is 8.56. The van der Waals surface area contributed by atoms with E-state index in [0.29, 0.717) is 0 Å². The fourth-order valence-corrected chi connectivity index (χ4v) is 1.66. The Bertz CT molecular complexity index is 579. The Morgan fingerprint density at radius 2 is 1.83 bits per heavy atom. The third-order valence-electron chi connectivity index (χ3n) is 2.62. The summed E-state index contributed by atoms with van der Waals surface area (Å²) in [5, 5.41) is 9.13. The highest BCUT2D eigenvalue weighted by atomic mass is 19.1. The molecular weight excluding hydrogens is 233 g/mol. The third kappa shape index (κ3) is 2.66. The normalized spacial score (nSPS) is 10.3. The highest BCUT2D eigenvalue weighted by Gasteiger charge is 2.11. The van der Waals surface area contributed by atoms with Gasteiger partial charge in [-0.15, -0.1) is 0 Å². The monoisotopic (exact) mass is 245 g/mol. The summed E-state index contributed by atoms with van der Waals surface area (Å²) < 4.78 is 13.1. The number of nitrogens with two attached hydrogens (primary N) is 1. The Morgan fingerprint density at radius 3 is 2.50 bits per heavy atom. The van der Waals surface area contributed by atoms with Gasteiger partial charge in [0.2, 0.25) is 0 Å². The lowest BCUT2D eigenvalue weighted by molar-refractivity contribution is 0.0993. The van der Waals surface area contributed by atoms with Crippen molar-refractivity contribution in [1.29, 1.82) is 0 Å². The number of benzene rings is 2. The Balaban J connectivity index is 2.21. The summed E-state index contributed by atoms with van der Waals surface area (Å²) in [6, 6.07) is 10.0. The molecule has 0 bridgehead atoms. The van der Waals surface area contributed by atoms with Gasteiger partial charge < -0.3 is 10.8 Å². The maximum Gasteiger partial charge on any atom is 0.169 e. The Morgan fingerprint density at radius 1 is 1.17 bits per heavy atom. The summed E-state index contributed by atoms with van der Waals surface area (Å²) in [6.45, 7) is 0. The summed E-state index contributed by atoms with van der Waals surface area (Å²) in [6.07, 6.45) is 0.119. The lowest BCUT2D eigenvalue weighted by Gasteiger charge is -2.05. The van der Waals surface area contributed by atoms with Gasteiger partial charge in [0.05, 0.1) is 0 Å². The van der Waals surface area contributed by atoms with Crippen LogP contribution in [0.25, 0.3) is 0 Å². The van der Waals surface area contributed by atoms with Crippen LogP contribution in [0.15, 0.2) is 42.5 Å². The standard InChI is InChI=1S/C14H12FNO2/c15-10-3-6-13(16)12(8-10)14(18)7-9-1-4-11(17)5-2-9/h1-6,8,17H,7,16H2. The Kier molecular flexibility index (Phi) is 3.28. The molecule has 0 heterocycles. The molecule has 3 nitrogen and oxygen atoms in total. The molecule has 0 aromatic heterocycles. The lowest BCUT2D eigenvalue weighted by Crippen LogP contribution is -2.07. The van der Waals surface area contributed by atoms with Gasteiger partial charge in [-0.2, -0.15) is 0 Å². The average Bonchev–Trinajstić information content (AvgIpc) is 2.35. The molecule has 3 N–H and O–H groups in total. The number of hydrogen-bond donors (Lipinski definition) is 2. The fraction of sp³-hybridized carbons (Fsp3) is 0.0714. The average molecular weight is 245 g/mol. The molecule has 0 unspecified atom stereocenters. The van der Waals surface area contributed by atoms with E-state index in [1.54, 1.807) is 12.1 Å². The Labute approximate surface area is 104 Å². The van der Waals surface area contributed by atoms with Gasteiger partial charge in [0.15, 0.2) is 5.78 Å². The van der Waals surface area contributed by atoms with Crippen LogP contribution in [0, 0.1) is 5.82 Å². The number of phenols is 1. The first kappa shape index (κ1) is 12.1. The molecule has 2 aromatic carbocycles. The van der Waals surface area contributed by atoms with Gasteiger partial charge in [-0.3, -0.25) is 4.79 Å². The van der Waals surface area contributed by atoms with E-state index in [1.807, 2.05) is 0 Å². The van der Waals surface area contributed by atoms with E-state index in [9.17, 15) is 9.18 Å². The van der Waals surface area contributed by atoms with Gasteiger partial charge >= 0.3 is 0 Å². The number of anilines is 1. The van der Waals surface area contributed by atoms with E-state index in [0.717, 1.165) is 11.6 Å². The molecule has 0 aliphatic heterocycles. The van der Waals surface area contributed by atoms with Crippen molar-refractivity contribution in [2.75, 3.05) is 5.73 Å². The number of halogens is 1. The van der Waals surface area contributed by atoms with E-state index in [4.69, 9.17) is 10.8 Å². The molecule has 0 aliphatic rings. The second-order valence-corrected chi connectivity index (χ2v) is 4.00. The van der Waals surface area contributed by atoms with E-state index in [-0.39, 0.29) is 29.2 Å². The fourth-order valence-electron chi connectivity index (χ4n) is 1.66. The van der Waals surface area contributed by atoms with Crippen molar-refractivity contribution in [2.45, 2.75) is 6.42 Å². The number of nitrogen functional groups attached to an aromatic ring is 1. The summed E-state index contributed by atoms with van der Waals surface area (Å²) in [7, 11) is 0. The zero-order valence-corrected chi connectivity index (χ0v) is 9.56. The summed E-state index contributed by atoms with van der Waals surface area (Å²) in [4.78, 5) is 12.0. The SMILES string of the molecule is Nc1ccc(F)cc1C(=O)Cc1ccc(O)cc1. The minimum absolute atomic E-state index is 0.119. The molecule has 4 heteroatoms. The van der Waals surface area contributed by atoms with Crippen LogP contribution in [0.4, 0.5) is 10.1 Å². The zero-order chi connectivity index (χ0) is 13.1. The second kappa shape index (κ2) is 4.87. The predicted octanol–water partition coefficient (Wildman–Crippen LogP) is 2.54. The van der Waals surface area contributed by atoms with Gasteiger partial charge in [-0.25, -0.2) is 4.39 Å². The highest BCUT2D eigenvalue weighted by Crippen LogP contribution is 2.17. The number of aromatic hydroxyl groups is 1. The minimum Gasteiger partial charge on any atom is -0.508 e. The van der Waals surface area contributed by atoms with Crippen LogP contribution in [-0.2, 0) is 6.42 Å². The lowest BCUT2D eigenvalue weighted by atomic mass is 10.0. The van der Waals surface area contributed by atoms with Gasteiger partial charge in [-0.05, 0) is 35.9 Å². The van der Waals surface area contributed by atoms with Crippen LogP contribution < -0.4 is 5.73 Å². The molecule has 2 rings (SSSR count). The van der Waals surface area contributed by atoms with Crippen molar-refractivity contribution in [2.24, 2.45) is 0 Å². The molecule has 0 aliphatic carbocycles. The molecule has 0 radical (unpaired) electrons. The first-order valence-electron chi connectivity index (χ1n) is 5.42. The Hall–Kier alpha value is -2.36. The largest absolute Gasteiger partial charge is 0.508 e. The van der Waals surface area contributed by atoms with E-state index in [1.165, 1.54) is 24.3 Å². The third-order valence-corrected chi connectivity index (χ3v) is 2.62. The number of ketones is 1. The maximum atomic E-state index is 13.1. The van der Waals surface area contributed by atoms with Crippen molar-refractivity contribution in [3.63, 3.8) is 0 Å². The van der Waals surface area contributed by atoms with Crippen molar-refractivity contribution in [3.8, 4) is 5.75 Å². The molecule has 0 fully saturated rings. The summed E-state index contributed by atoms with van der Waals surface area (Å²) in [5.74, 6) is -0.604. The molecule has 0 saturated heterocycles. The number of hydrogen-bond acceptors (Lipinski definition) is 3. The second-order valence-electron chi connectivity index (χ2n) is 4.00. The highest BCUT2D eigenvalue weighted by molar-refractivity contribution is 6.01. The van der Waals surface area contributed by atoms with Gasteiger partial charge in [0, 0.05) is 17.7 Å². The van der Waals surface area contributed by atoms with E-state index >= 15 is 0 Å². The predicted molar refractivity (Wildman–Crippen MR) is 67.0 cm³/mol. The van der Waals surface area contributed by atoms with Crippen molar-refractivity contribution >= 4 is 11.5 Å². The van der Waals surface area contributed by atoms with Crippen LogP contribution in [0.5, 0.6) is 5.75 Å². The smallest absolute Gasteiger partial charge is 0.169 e. The summed E-state index contributed by atoms with van der Waals surface area (Å²) >= 11 is 0. The molecule has 0 amide bonds. The van der Waals surface area contributed by atoms with Crippen molar-refractivity contribution in [1.82, 2.24) is 0 Å². The van der Waals surface area contributed by atoms with Crippen LogP contribution >= 0.6 is 0 Å². The number of carbonyl (C=O) groups is 1. The number of phenolic OH excluding ortho intramolecular Hbond substituents is 1. The van der Waals surface area contributed by atoms with Gasteiger partial charge in [0.1, 0.15) is 11.6 Å². The maximum absolute atomic E-state index is 13.1. The molecular formula is C14H12FNO2. The van der Waals surface area contributed by atoms with E-state index < -0.39 is 5.82 Å². The van der Waals surface area contributed by atoms with E-state index in [2.05, 4.69) is 0 Å². The summed E-state index contributed by atoms with van der Waals surface area (Å²) in [5.41, 5.74) is 6.83. The van der Waals surface area contributed by atoms with Crippen LogP contribution in [0.1, 0.15) is 15.9 Å². The molecule has 0 atom stereocenters. The first-order valence-corrected chi connectivity index (χ1v) is 5.42. The number of rotatable bonds is 3. The minimum atomic E-state index is -0.488. The molecule has 0 spiro atoms. The van der Waals surface area contributed by atoms with Crippen LogP contribution in [0.3, 0.4) is 0 Å². The molecule has 92 valence electrons. The van der Waals surface area contributed by atoms with Gasteiger partial charge in [0.25, 0.3) is 0 Å². The van der Waals surface area contributed by atoms with Crippen LogP contribution in [0.2, 0.25) is 0 Å².